The zero-order chi connectivity index (χ0) is 24.7. The molecule has 0 bridgehead atoms. The number of fused-ring (bicyclic) bond motifs is 1. The first-order valence-corrected chi connectivity index (χ1v) is 12.4. The van der Waals surface area contributed by atoms with E-state index in [4.69, 9.17) is 4.74 Å². The molecule has 0 spiro atoms. The van der Waals surface area contributed by atoms with Crippen molar-refractivity contribution >= 4 is 22.4 Å². The van der Waals surface area contributed by atoms with Gasteiger partial charge in [0.05, 0.1) is 12.1 Å². The van der Waals surface area contributed by atoms with E-state index in [1.807, 2.05) is 61.5 Å². The average Bonchev–Trinajstić information content (AvgIpc) is 2.90. The lowest BCUT2D eigenvalue weighted by Gasteiger charge is -2.29. The minimum Gasteiger partial charge on any atom is -0.457 e. The third kappa shape index (κ3) is 5.83. The minimum absolute atomic E-state index is 0.197. The summed E-state index contributed by atoms with van der Waals surface area (Å²) in [5.74, 6) is 9.50. The predicted octanol–water partition coefficient (Wildman–Crippen LogP) is 5.53. The number of nitrogens with one attached hydrogen (secondary N) is 1. The van der Waals surface area contributed by atoms with Crippen LogP contribution in [0.2, 0.25) is 0 Å². The highest BCUT2D eigenvalue weighted by atomic mass is 16.5. The molecule has 2 N–H and O–H groups in total. The number of benzene rings is 3. The van der Waals surface area contributed by atoms with Gasteiger partial charge < -0.3 is 15.2 Å². The monoisotopic (exact) mass is 478 g/mol. The Kier molecular flexibility index (Phi) is 7.41. The van der Waals surface area contributed by atoms with E-state index in [2.05, 4.69) is 44.2 Å². The number of likely N-dealkylation sites (tertiary alicyclic amines) is 1. The highest BCUT2D eigenvalue weighted by molar-refractivity contribution is 5.91. The van der Waals surface area contributed by atoms with Crippen LogP contribution in [-0.2, 0) is 0 Å². The summed E-state index contributed by atoms with van der Waals surface area (Å²) < 4.78 is 6.01. The molecule has 2 heterocycles. The minimum atomic E-state index is 0.197. The van der Waals surface area contributed by atoms with Gasteiger partial charge >= 0.3 is 0 Å². The van der Waals surface area contributed by atoms with Gasteiger partial charge in [0.15, 0.2) is 0 Å². The quantitative estimate of drug-likeness (QED) is 0.355. The molecule has 0 radical (unpaired) electrons. The zero-order valence-corrected chi connectivity index (χ0v) is 20.4. The molecule has 5 rings (SSSR count). The molecule has 1 aliphatic rings. The second-order valence-electron chi connectivity index (χ2n) is 9.11. The summed E-state index contributed by atoms with van der Waals surface area (Å²) in [5, 5.41) is 13.6. The van der Waals surface area contributed by atoms with Gasteiger partial charge in [0.1, 0.15) is 23.6 Å². The summed E-state index contributed by atoms with van der Waals surface area (Å²) in [6.45, 7) is 4.91. The number of para-hydroxylation sites is 1. The van der Waals surface area contributed by atoms with E-state index in [0.717, 1.165) is 77.5 Å². The Hall–Kier alpha value is -3.92. The molecule has 182 valence electrons. The molecule has 0 amide bonds. The molecule has 1 fully saturated rings. The maximum Gasteiger partial charge on any atom is 0.141 e. The Morgan fingerprint density at radius 3 is 2.81 bits per heavy atom. The SMILES string of the molecule is Cc1cc(Nc2ncnc3ccc(C#CC4CCCN(CCO)C4)cc23)ccc1Oc1ccccc1. The van der Waals surface area contributed by atoms with Gasteiger partial charge in [-0.1, -0.05) is 30.0 Å². The van der Waals surface area contributed by atoms with Crippen molar-refractivity contribution in [2.24, 2.45) is 5.92 Å². The van der Waals surface area contributed by atoms with E-state index >= 15 is 0 Å². The summed E-state index contributed by atoms with van der Waals surface area (Å²) in [4.78, 5) is 11.2. The van der Waals surface area contributed by atoms with Crippen molar-refractivity contribution in [2.75, 3.05) is 31.6 Å². The first kappa shape index (κ1) is 23.8. The third-order valence-electron chi connectivity index (χ3n) is 6.39. The summed E-state index contributed by atoms with van der Waals surface area (Å²) >= 11 is 0. The fourth-order valence-electron chi connectivity index (χ4n) is 4.53. The number of hydrogen-bond acceptors (Lipinski definition) is 6. The average molecular weight is 479 g/mol. The number of aliphatic hydroxyl groups is 1. The van der Waals surface area contributed by atoms with Gasteiger partial charge in [-0.3, -0.25) is 4.90 Å². The second kappa shape index (κ2) is 11.2. The lowest BCUT2D eigenvalue weighted by atomic mass is 9.98. The Bertz CT molecular complexity index is 1390. The molecular weight excluding hydrogens is 448 g/mol. The van der Waals surface area contributed by atoms with E-state index in [0.29, 0.717) is 5.92 Å². The van der Waals surface area contributed by atoms with Crippen molar-refractivity contribution in [3.8, 4) is 23.3 Å². The molecule has 1 unspecified atom stereocenters. The van der Waals surface area contributed by atoms with Crippen LogP contribution in [-0.4, -0.2) is 46.2 Å². The van der Waals surface area contributed by atoms with Gasteiger partial charge in [-0.05, 0) is 80.4 Å². The molecule has 1 aliphatic heterocycles. The molecule has 6 heteroatoms. The van der Waals surface area contributed by atoms with E-state index in [-0.39, 0.29) is 6.61 Å². The lowest BCUT2D eigenvalue weighted by Crippen LogP contribution is -2.36. The maximum atomic E-state index is 9.23. The van der Waals surface area contributed by atoms with Crippen molar-refractivity contribution in [1.82, 2.24) is 14.9 Å². The largest absolute Gasteiger partial charge is 0.457 e. The summed E-state index contributed by atoms with van der Waals surface area (Å²) in [6.07, 6.45) is 3.79. The van der Waals surface area contributed by atoms with Crippen LogP contribution in [0.1, 0.15) is 24.0 Å². The van der Waals surface area contributed by atoms with E-state index < -0.39 is 0 Å². The molecule has 0 aliphatic carbocycles. The Morgan fingerprint density at radius 1 is 1.08 bits per heavy atom. The van der Waals surface area contributed by atoms with Crippen molar-refractivity contribution in [3.63, 3.8) is 0 Å². The van der Waals surface area contributed by atoms with Gasteiger partial charge in [-0.2, -0.15) is 0 Å². The van der Waals surface area contributed by atoms with E-state index in [9.17, 15) is 5.11 Å². The number of hydrogen-bond donors (Lipinski definition) is 2. The number of piperidine rings is 1. The molecule has 0 saturated carbocycles. The van der Waals surface area contributed by atoms with Crippen LogP contribution < -0.4 is 10.1 Å². The number of aromatic nitrogens is 2. The zero-order valence-electron chi connectivity index (χ0n) is 20.4. The van der Waals surface area contributed by atoms with Crippen LogP contribution in [0, 0.1) is 24.7 Å². The van der Waals surface area contributed by atoms with Gasteiger partial charge in [-0.15, -0.1) is 0 Å². The fraction of sp³-hybridized carbons (Fsp3) is 0.267. The molecule has 4 aromatic rings. The number of nitrogens with zero attached hydrogens (tertiary/aromatic N) is 3. The first-order chi connectivity index (χ1) is 17.7. The highest BCUT2D eigenvalue weighted by Gasteiger charge is 2.17. The van der Waals surface area contributed by atoms with Crippen molar-refractivity contribution in [2.45, 2.75) is 19.8 Å². The molecule has 1 aromatic heterocycles. The first-order valence-electron chi connectivity index (χ1n) is 12.4. The number of anilines is 2. The summed E-state index contributed by atoms with van der Waals surface area (Å²) in [6, 6.07) is 21.8. The Balaban J connectivity index is 1.34. The van der Waals surface area contributed by atoms with Crippen molar-refractivity contribution in [1.29, 1.82) is 0 Å². The number of aryl methyl sites for hydroxylation is 1. The number of ether oxygens (including phenoxy) is 1. The normalized spacial score (nSPS) is 15.8. The van der Waals surface area contributed by atoms with Gasteiger partial charge in [0, 0.05) is 35.6 Å². The number of aliphatic hydroxyl groups excluding tert-OH is 1. The summed E-state index contributed by atoms with van der Waals surface area (Å²) in [5.41, 5.74) is 3.76. The molecule has 6 nitrogen and oxygen atoms in total. The van der Waals surface area contributed by atoms with Gasteiger partial charge in [0.2, 0.25) is 0 Å². The number of rotatable bonds is 6. The fourth-order valence-corrected chi connectivity index (χ4v) is 4.53. The maximum absolute atomic E-state index is 9.23. The molecule has 3 aromatic carbocycles. The van der Waals surface area contributed by atoms with Crippen LogP contribution >= 0.6 is 0 Å². The van der Waals surface area contributed by atoms with Crippen molar-refractivity contribution < 1.29 is 9.84 Å². The third-order valence-corrected chi connectivity index (χ3v) is 6.39. The molecule has 1 saturated heterocycles. The molecule has 36 heavy (non-hydrogen) atoms. The number of β-amino-alcohol motifs (C(OH)–C–C–N with tert-alkyl or cyclic N) is 1. The van der Waals surface area contributed by atoms with E-state index in [1.165, 1.54) is 0 Å². The van der Waals surface area contributed by atoms with Crippen LogP contribution in [0.3, 0.4) is 0 Å². The van der Waals surface area contributed by atoms with Crippen LogP contribution in [0.4, 0.5) is 11.5 Å². The highest BCUT2D eigenvalue weighted by Crippen LogP contribution is 2.30. The predicted molar refractivity (Wildman–Crippen MR) is 144 cm³/mol. The van der Waals surface area contributed by atoms with Gasteiger partial charge in [-0.25, -0.2) is 9.97 Å². The van der Waals surface area contributed by atoms with Crippen LogP contribution in [0.25, 0.3) is 10.9 Å². The van der Waals surface area contributed by atoms with Crippen LogP contribution in [0.15, 0.2) is 73.1 Å². The Labute approximate surface area is 212 Å². The smallest absolute Gasteiger partial charge is 0.141 e. The second-order valence-corrected chi connectivity index (χ2v) is 9.11. The Morgan fingerprint density at radius 2 is 1.97 bits per heavy atom. The van der Waals surface area contributed by atoms with E-state index in [1.54, 1.807) is 6.33 Å². The lowest BCUT2D eigenvalue weighted by molar-refractivity contribution is 0.156. The van der Waals surface area contributed by atoms with Gasteiger partial charge in [0.25, 0.3) is 0 Å². The summed E-state index contributed by atoms with van der Waals surface area (Å²) in [7, 11) is 0. The van der Waals surface area contributed by atoms with Crippen molar-refractivity contribution in [3.05, 3.63) is 84.2 Å². The molecular formula is C30H30N4O2. The topological polar surface area (TPSA) is 70.5 Å². The standard InChI is InChI=1S/C30H30N4O2/c1-22-18-25(12-14-29(22)36-26-7-3-2-4-8-26)33-30-27-19-23(11-13-28(27)31-21-32-30)9-10-24-6-5-15-34(20-24)16-17-35/h2-4,7-8,11-14,18-19,21,24,35H,5-6,15-17,20H2,1H3,(H,31,32,33). The van der Waals surface area contributed by atoms with Crippen LogP contribution in [0.5, 0.6) is 11.5 Å². The molecule has 1 atom stereocenters.